The molecule has 84 valence electrons. The Labute approximate surface area is 99.9 Å². The summed E-state index contributed by atoms with van der Waals surface area (Å²) in [5, 5.41) is 7.47. The van der Waals surface area contributed by atoms with Crippen LogP contribution in [0.25, 0.3) is 0 Å². The molecule has 0 saturated carbocycles. The summed E-state index contributed by atoms with van der Waals surface area (Å²) < 4.78 is 0. The van der Waals surface area contributed by atoms with Gasteiger partial charge >= 0.3 is 0 Å². The van der Waals surface area contributed by atoms with Crippen molar-refractivity contribution in [2.75, 3.05) is 12.8 Å². The van der Waals surface area contributed by atoms with E-state index in [1.165, 1.54) is 42.1 Å². The van der Waals surface area contributed by atoms with Crippen LogP contribution in [0.2, 0.25) is 0 Å². The summed E-state index contributed by atoms with van der Waals surface area (Å²) in [5.74, 6) is 1.35. The third-order valence-electron chi connectivity index (χ3n) is 2.63. The van der Waals surface area contributed by atoms with Gasteiger partial charge in [-0.1, -0.05) is 6.42 Å². The number of nitrogens with zero attached hydrogens (tertiary/aromatic N) is 1. The Morgan fingerprint density at radius 3 is 3.20 bits per heavy atom. The molecule has 1 saturated heterocycles. The average molecular weight is 242 g/mol. The Kier molecular flexibility index (Phi) is 4.47. The van der Waals surface area contributed by atoms with Crippen LogP contribution >= 0.6 is 23.1 Å². The molecule has 1 unspecified atom stereocenters. The van der Waals surface area contributed by atoms with Gasteiger partial charge in [0.05, 0.1) is 10.7 Å². The number of hydrogen-bond acceptors (Lipinski definition) is 4. The van der Waals surface area contributed by atoms with Crippen LogP contribution < -0.4 is 5.32 Å². The van der Waals surface area contributed by atoms with E-state index in [1.54, 1.807) is 0 Å². The lowest BCUT2D eigenvalue weighted by molar-refractivity contribution is 0.658. The average Bonchev–Trinajstić information content (AvgIpc) is 2.68. The SMILES string of the molecule is CNCc1csc(CC2CCCCS2)n1. The van der Waals surface area contributed by atoms with Gasteiger partial charge in [-0.05, 0) is 25.6 Å². The highest BCUT2D eigenvalue weighted by atomic mass is 32.2. The standard InChI is InChI=1S/C11H18N2S2/c1-12-7-9-8-15-11(13-9)6-10-4-2-3-5-14-10/h8,10,12H,2-7H2,1H3. The van der Waals surface area contributed by atoms with Crippen LogP contribution in [-0.2, 0) is 13.0 Å². The first-order valence-electron chi connectivity index (χ1n) is 5.58. The van der Waals surface area contributed by atoms with Gasteiger partial charge in [0.1, 0.15) is 0 Å². The molecule has 2 heterocycles. The Hall–Kier alpha value is -0.0600. The smallest absolute Gasteiger partial charge is 0.0939 e. The Morgan fingerprint density at radius 1 is 1.53 bits per heavy atom. The van der Waals surface area contributed by atoms with Crippen molar-refractivity contribution in [2.24, 2.45) is 0 Å². The van der Waals surface area contributed by atoms with Crippen LogP contribution in [-0.4, -0.2) is 23.0 Å². The van der Waals surface area contributed by atoms with Gasteiger partial charge in [0.15, 0.2) is 0 Å². The molecule has 1 atom stereocenters. The highest BCUT2D eigenvalue weighted by molar-refractivity contribution is 7.99. The molecule has 1 aromatic rings. The number of rotatable bonds is 4. The van der Waals surface area contributed by atoms with Crippen molar-refractivity contribution in [1.29, 1.82) is 0 Å². The van der Waals surface area contributed by atoms with Crippen molar-refractivity contribution in [3.05, 3.63) is 16.1 Å². The van der Waals surface area contributed by atoms with E-state index < -0.39 is 0 Å². The largest absolute Gasteiger partial charge is 0.314 e. The minimum atomic E-state index is 0.826. The second-order valence-electron chi connectivity index (χ2n) is 3.96. The summed E-state index contributed by atoms with van der Waals surface area (Å²) in [6, 6.07) is 0. The Balaban J connectivity index is 1.86. The van der Waals surface area contributed by atoms with Crippen molar-refractivity contribution < 1.29 is 0 Å². The highest BCUT2D eigenvalue weighted by Crippen LogP contribution is 2.28. The van der Waals surface area contributed by atoms with Crippen LogP contribution in [0.1, 0.15) is 30.0 Å². The topological polar surface area (TPSA) is 24.9 Å². The molecule has 0 aliphatic carbocycles. The first kappa shape index (κ1) is 11.4. The number of thiazole rings is 1. The van der Waals surface area contributed by atoms with E-state index in [9.17, 15) is 0 Å². The number of nitrogens with one attached hydrogen (secondary N) is 1. The van der Waals surface area contributed by atoms with Crippen LogP contribution in [0.5, 0.6) is 0 Å². The first-order chi connectivity index (χ1) is 7.38. The lowest BCUT2D eigenvalue weighted by Crippen LogP contribution is -2.12. The molecule has 1 aromatic heterocycles. The van der Waals surface area contributed by atoms with Crippen molar-refractivity contribution in [1.82, 2.24) is 10.3 Å². The molecule has 0 radical (unpaired) electrons. The van der Waals surface area contributed by atoms with Crippen LogP contribution in [0.4, 0.5) is 0 Å². The first-order valence-corrected chi connectivity index (χ1v) is 7.51. The quantitative estimate of drug-likeness (QED) is 0.879. The number of hydrogen-bond donors (Lipinski definition) is 1. The fraction of sp³-hybridized carbons (Fsp3) is 0.727. The molecule has 1 aliphatic heterocycles. The van der Waals surface area contributed by atoms with Gasteiger partial charge in [-0.15, -0.1) is 11.3 Å². The maximum absolute atomic E-state index is 4.64. The van der Waals surface area contributed by atoms with Crippen molar-refractivity contribution in [3.63, 3.8) is 0 Å². The molecular formula is C11H18N2S2. The summed E-state index contributed by atoms with van der Waals surface area (Å²) in [5.41, 5.74) is 1.19. The lowest BCUT2D eigenvalue weighted by Gasteiger charge is -2.19. The molecule has 0 aromatic carbocycles. The van der Waals surface area contributed by atoms with Crippen molar-refractivity contribution in [3.8, 4) is 0 Å². The fourth-order valence-corrected chi connectivity index (χ4v) is 4.16. The molecule has 0 amide bonds. The third-order valence-corrected chi connectivity index (χ3v) is 4.95. The Bertz CT molecular complexity index is 293. The third kappa shape index (κ3) is 3.47. The second kappa shape index (κ2) is 5.87. The lowest BCUT2D eigenvalue weighted by atomic mass is 10.1. The summed E-state index contributed by atoms with van der Waals surface area (Å²) >= 11 is 3.95. The minimum absolute atomic E-state index is 0.826. The van der Waals surface area contributed by atoms with E-state index in [0.717, 1.165) is 11.8 Å². The van der Waals surface area contributed by atoms with Crippen molar-refractivity contribution in [2.45, 2.75) is 37.5 Å². The van der Waals surface area contributed by atoms with E-state index >= 15 is 0 Å². The van der Waals surface area contributed by atoms with E-state index in [1.807, 2.05) is 18.4 Å². The van der Waals surface area contributed by atoms with Gasteiger partial charge in [0, 0.05) is 23.6 Å². The molecular weight excluding hydrogens is 224 g/mol. The van der Waals surface area contributed by atoms with Crippen LogP contribution in [0, 0.1) is 0 Å². The van der Waals surface area contributed by atoms with Crippen LogP contribution in [0.3, 0.4) is 0 Å². The monoisotopic (exact) mass is 242 g/mol. The molecule has 15 heavy (non-hydrogen) atoms. The normalized spacial score (nSPS) is 21.8. The fourth-order valence-electron chi connectivity index (χ4n) is 1.87. The molecule has 0 bridgehead atoms. The zero-order valence-electron chi connectivity index (χ0n) is 9.16. The zero-order chi connectivity index (χ0) is 10.5. The second-order valence-corrected chi connectivity index (χ2v) is 6.31. The van der Waals surface area contributed by atoms with Crippen LogP contribution in [0.15, 0.2) is 5.38 Å². The summed E-state index contributed by atoms with van der Waals surface area (Å²) in [6.07, 6.45) is 5.38. The van der Waals surface area contributed by atoms with Gasteiger partial charge in [-0.25, -0.2) is 4.98 Å². The predicted octanol–water partition coefficient (Wildman–Crippen LogP) is 2.69. The van der Waals surface area contributed by atoms with Gasteiger partial charge in [-0.2, -0.15) is 11.8 Å². The van der Waals surface area contributed by atoms with Gasteiger partial charge in [0.2, 0.25) is 0 Å². The molecule has 0 spiro atoms. The summed E-state index contributed by atoms with van der Waals surface area (Å²) in [7, 11) is 1.97. The van der Waals surface area contributed by atoms with E-state index in [2.05, 4.69) is 27.4 Å². The maximum Gasteiger partial charge on any atom is 0.0939 e. The predicted molar refractivity (Wildman–Crippen MR) is 68.7 cm³/mol. The number of aromatic nitrogens is 1. The van der Waals surface area contributed by atoms with Gasteiger partial charge in [-0.3, -0.25) is 0 Å². The molecule has 1 fully saturated rings. The molecule has 4 heteroatoms. The Morgan fingerprint density at radius 2 is 2.47 bits per heavy atom. The van der Waals surface area contributed by atoms with Crippen molar-refractivity contribution >= 4 is 23.1 Å². The van der Waals surface area contributed by atoms with E-state index in [-0.39, 0.29) is 0 Å². The maximum atomic E-state index is 4.64. The minimum Gasteiger partial charge on any atom is -0.314 e. The van der Waals surface area contributed by atoms with Gasteiger partial charge in [0.25, 0.3) is 0 Å². The molecule has 1 N–H and O–H groups in total. The summed E-state index contributed by atoms with van der Waals surface area (Å²) in [6.45, 7) is 0.897. The van der Waals surface area contributed by atoms with E-state index in [4.69, 9.17) is 0 Å². The van der Waals surface area contributed by atoms with Gasteiger partial charge < -0.3 is 5.32 Å². The zero-order valence-corrected chi connectivity index (χ0v) is 10.8. The molecule has 2 nitrogen and oxygen atoms in total. The van der Waals surface area contributed by atoms with E-state index in [0.29, 0.717) is 0 Å². The summed E-state index contributed by atoms with van der Waals surface area (Å²) in [4.78, 5) is 4.64. The molecule has 1 aliphatic rings. The number of thioether (sulfide) groups is 1. The highest BCUT2D eigenvalue weighted by Gasteiger charge is 2.15. The molecule has 2 rings (SSSR count).